The van der Waals surface area contributed by atoms with E-state index in [0.717, 1.165) is 16.8 Å². The molecule has 1 aliphatic rings. The largest absolute Gasteiger partial charge is 0.343 e. The smallest absolute Gasteiger partial charge is 0.0716 e. The maximum absolute atomic E-state index is 5.02. The third-order valence-corrected chi connectivity index (χ3v) is 6.99. The van der Waals surface area contributed by atoms with Crippen molar-refractivity contribution in [2.75, 3.05) is 11.9 Å². The van der Waals surface area contributed by atoms with Gasteiger partial charge in [-0.25, -0.2) is 4.98 Å². The van der Waals surface area contributed by atoms with Gasteiger partial charge in [0, 0.05) is 27.8 Å². The summed E-state index contributed by atoms with van der Waals surface area (Å²) in [6.07, 6.45) is 0. The maximum Gasteiger partial charge on any atom is 0.0716 e. The normalized spacial score (nSPS) is 12.5. The van der Waals surface area contributed by atoms with Crippen molar-refractivity contribution >= 4 is 34.0 Å². The summed E-state index contributed by atoms with van der Waals surface area (Å²) in [5.74, 6) is 0. The molecule has 3 heteroatoms. The predicted octanol–water partition coefficient (Wildman–Crippen LogP) is 7.80. The molecule has 0 amide bonds. The summed E-state index contributed by atoms with van der Waals surface area (Å²) in [6, 6.07) is 36.4. The minimum atomic E-state index is 0.998. The van der Waals surface area contributed by atoms with Crippen LogP contribution in [-0.4, -0.2) is 12.0 Å². The topological polar surface area (TPSA) is 16.1 Å². The molecule has 0 saturated heterocycles. The molecule has 0 spiro atoms. The fourth-order valence-electron chi connectivity index (χ4n) is 4.27. The highest BCUT2D eigenvalue weighted by Crippen LogP contribution is 2.48. The van der Waals surface area contributed by atoms with E-state index in [2.05, 4.69) is 115 Å². The maximum atomic E-state index is 5.02. The molecule has 1 aliphatic heterocycles. The Hall–Kier alpha value is -3.56. The van der Waals surface area contributed by atoms with Crippen molar-refractivity contribution < 1.29 is 0 Å². The fourth-order valence-corrected chi connectivity index (χ4v) is 5.40. The van der Waals surface area contributed by atoms with Crippen LogP contribution in [0.25, 0.3) is 33.3 Å². The van der Waals surface area contributed by atoms with Crippen molar-refractivity contribution in [2.45, 2.75) is 9.79 Å². The van der Waals surface area contributed by atoms with E-state index in [4.69, 9.17) is 4.98 Å². The highest BCUT2D eigenvalue weighted by Gasteiger charge is 2.21. The number of anilines is 2. The molecule has 1 aromatic heterocycles. The van der Waals surface area contributed by atoms with E-state index in [0.29, 0.717) is 0 Å². The molecular formula is C28H20N2S. The molecule has 0 radical (unpaired) electrons. The highest BCUT2D eigenvalue weighted by molar-refractivity contribution is 7.99. The third kappa shape index (κ3) is 3.09. The predicted molar refractivity (Wildman–Crippen MR) is 131 cm³/mol. The molecule has 0 fully saturated rings. The summed E-state index contributed by atoms with van der Waals surface area (Å²) >= 11 is 1.83. The summed E-state index contributed by atoms with van der Waals surface area (Å²) in [6.45, 7) is 0. The molecule has 5 aromatic rings. The average molecular weight is 417 g/mol. The Labute approximate surface area is 186 Å². The Balaban J connectivity index is 1.52. The zero-order valence-corrected chi connectivity index (χ0v) is 17.9. The molecule has 2 nitrogen and oxygen atoms in total. The molecule has 0 bridgehead atoms. The lowest BCUT2D eigenvalue weighted by molar-refractivity contribution is 1.11. The molecule has 4 aromatic carbocycles. The Kier molecular flexibility index (Phi) is 4.29. The van der Waals surface area contributed by atoms with Gasteiger partial charge in [0.1, 0.15) is 0 Å². The van der Waals surface area contributed by atoms with Crippen LogP contribution in [0.1, 0.15) is 0 Å². The second kappa shape index (κ2) is 7.29. The van der Waals surface area contributed by atoms with E-state index in [1.54, 1.807) is 0 Å². The van der Waals surface area contributed by atoms with Gasteiger partial charge in [0.15, 0.2) is 0 Å². The van der Waals surface area contributed by atoms with Gasteiger partial charge in [0.05, 0.1) is 22.6 Å². The number of fused-ring (bicyclic) bond motifs is 3. The Morgan fingerprint density at radius 1 is 0.645 bits per heavy atom. The molecule has 31 heavy (non-hydrogen) atoms. The minimum Gasteiger partial charge on any atom is -0.343 e. The standard InChI is InChI=1S/C28H20N2S/c1-30-25-13-7-8-14-27(25)31-28-16-15-20(17-26(28)30)24-18-22(19-9-3-2-4-10-19)21-11-5-6-12-23(21)29-24/h2-18H,1H3. The van der Waals surface area contributed by atoms with Crippen LogP contribution in [0.4, 0.5) is 11.4 Å². The number of hydrogen-bond acceptors (Lipinski definition) is 3. The van der Waals surface area contributed by atoms with Gasteiger partial charge in [-0.1, -0.05) is 78.5 Å². The highest BCUT2D eigenvalue weighted by atomic mass is 32.2. The van der Waals surface area contributed by atoms with Gasteiger partial charge in [0.2, 0.25) is 0 Å². The SMILES string of the molecule is CN1c2ccccc2Sc2ccc(-c3cc(-c4ccccc4)c4ccccc4n3)cc21. The summed E-state index contributed by atoms with van der Waals surface area (Å²) in [5.41, 5.74) is 8.04. The monoisotopic (exact) mass is 416 g/mol. The number of para-hydroxylation sites is 2. The molecule has 6 rings (SSSR count). The van der Waals surface area contributed by atoms with E-state index >= 15 is 0 Å². The van der Waals surface area contributed by atoms with Gasteiger partial charge in [0.25, 0.3) is 0 Å². The lowest BCUT2D eigenvalue weighted by Crippen LogP contribution is -2.14. The van der Waals surface area contributed by atoms with Gasteiger partial charge >= 0.3 is 0 Å². The molecule has 2 heterocycles. The number of pyridine rings is 1. The van der Waals surface area contributed by atoms with Crippen molar-refractivity contribution in [3.05, 3.63) is 103 Å². The summed E-state index contributed by atoms with van der Waals surface area (Å²) in [4.78, 5) is 9.87. The zero-order chi connectivity index (χ0) is 20.8. The van der Waals surface area contributed by atoms with Crippen LogP contribution in [0.15, 0.2) is 113 Å². The van der Waals surface area contributed by atoms with Crippen molar-refractivity contribution in [1.82, 2.24) is 4.98 Å². The average Bonchev–Trinajstić information content (AvgIpc) is 2.84. The molecule has 0 aliphatic carbocycles. The summed E-state index contributed by atoms with van der Waals surface area (Å²) in [5, 5.41) is 1.18. The van der Waals surface area contributed by atoms with E-state index in [-0.39, 0.29) is 0 Å². The van der Waals surface area contributed by atoms with Crippen LogP contribution in [0.2, 0.25) is 0 Å². The number of benzene rings is 4. The molecule has 0 atom stereocenters. The number of nitrogens with zero attached hydrogens (tertiary/aromatic N) is 2. The molecular weight excluding hydrogens is 396 g/mol. The Morgan fingerprint density at radius 3 is 2.29 bits per heavy atom. The first-order valence-corrected chi connectivity index (χ1v) is 11.2. The first-order valence-electron chi connectivity index (χ1n) is 10.4. The van der Waals surface area contributed by atoms with Crippen molar-refractivity contribution in [3.63, 3.8) is 0 Å². The first kappa shape index (κ1) is 18.2. The first-order chi connectivity index (χ1) is 15.3. The van der Waals surface area contributed by atoms with Crippen LogP contribution in [0, 0.1) is 0 Å². The van der Waals surface area contributed by atoms with Crippen LogP contribution >= 0.6 is 11.8 Å². The van der Waals surface area contributed by atoms with Gasteiger partial charge in [-0.15, -0.1) is 0 Å². The van der Waals surface area contributed by atoms with Crippen molar-refractivity contribution in [1.29, 1.82) is 0 Å². The Bertz CT molecular complexity index is 1430. The molecule has 0 unspecified atom stereocenters. The van der Waals surface area contributed by atoms with Gasteiger partial charge in [-0.05, 0) is 47.5 Å². The zero-order valence-electron chi connectivity index (χ0n) is 17.1. The molecule has 0 saturated carbocycles. The van der Waals surface area contributed by atoms with E-state index in [1.165, 1.54) is 37.7 Å². The van der Waals surface area contributed by atoms with E-state index < -0.39 is 0 Å². The van der Waals surface area contributed by atoms with Gasteiger partial charge in [-0.2, -0.15) is 0 Å². The van der Waals surface area contributed by atoms with Gasteiger partial charge in [-0.3, -0.25) is 0 Å². The van der Waals surface area contributed by atoms with Crippen LogP contribution < -0.4 is 4.90 Å². The third-order valence-electron chi connectivity index (χ3n) is 5.86. The van der Waals surface area contributed by atoms with Crippen LogP contribution in [0.3, 0.4) is 0 Å². The van der Waals surface area contributed by atoms with E-state index in [1.807, 2.05) is 11.8 Å². The lowest BCUT2D eigenvalue weighted by atomic mass is 9.98. The summed E-state index contributed by atoms with van der Waals surface area (Å²) < 4.78 is 0. The van der Waals surface area contributed by atoms with Gasteiger partial charge < -0.3 is 4.90 Å². The Morgan fingerprint density at radius 2 is 1.39 bits per heavy atom. The van der Waals surface area contributed by atoms with Crippen LogP contribution in [0.5, 0.6) is 0 Å². The molecule has 148 valence electrons. The van der Waals surface area contributed by atoms with Crippen LogP contribution in [-0.2, 0) is 0 Å². The van der Waals surface area contributed by atoms with Crippen molar-refractivity contribution in [3.8, 4) is 22.4 Å². The number of rotatable bonds is 2. The number of hydrogen-bond donors (Lipinski definition) is 0. The second-order valence-electron chi connectivity index (χ2n) is 7.75. The quantitative estimate of drug-likeness (QED) is 0.292. The molecule has 0 N–H and O–H groups in total. The lowest BCUT2D eigenvalue weighted by Gasteiger charge is -2.29. The summed E-state index contributed by atoms with van der Waals surface area (Å²) in [7, 11) is 2.14. The minimum absolute atomic E-state index is 0.998. The van der Waals surface area contributed by atoms with E-state index in [9.17, 15) is 0 Å². The number of aromatic nitrogens is 1. The fraction of sp³-hybridized carbons (Fsp3) is 0.0357. The van der Waals surface area contributed by atoms with Crippen molar-refractivity contribution in [2.24, 2.45) is 0 Å². The second-order valence-corrected chi connectivity index (χ2v) is 8.83.